The Morgan fingerprint density at radius 1 is 1.13 bits per heavy atom. The Labute approximate surface area is 179 Å². The van der Waals surface area contributed by atoms with Crippen LogP contribution in [0.15, 0.2) is 48.5 Å². The van der Waals surface area contributed by atoms with Crippen LogP contribution in [0.1, 0.15) is 53.6 Å². The summed E-state index contributed by atoms with van der Waals surface area (Å²) >= 11 is 0. The zero-order chi connectivity index (χ0) is 22.6. The highest BCUT2D eigenvalue weighted by Gasteiger charge is 2.32. The third-order valence-electron chi connectivity index (χ3n) is 5.68. The van der Waals surface area contributed by atoms with E-state index in [4.69, 9.17) is 5.73 Å². The molecule has 1 heterocycles. The number of nitrogens with one attached hydrogen (secondary N) is 1. The number of likely N-dealkylation sites (tertiary alicyclic amines) is 1. The number of rotatable bonds is 5. The van der Waals surface area contributed by atoms with Gasteiger partial charge in [-0.2, -0.15) is 13.2 Å². The molecule has 0 saturated carbocycles. The zero-order valence-electron chi connectivity index (χ0n) is 17.3. The number of hydrogen-bond acceptors (Lipinski definition) is 3. The van der Waals surface area contributed by atoms with E-state index in [9.17, 15) is 22.8 Å². The summed E-state index contributed by atoms with van der Waals surface area (Å²) in [4.78, 5) is 27.3. The summed E-state index contributed by atoms with van der Waals surface area (Å²) in [5, 5.41) is 2.76. The van der Waals surface area contributed by atoms with Crippen molar-refractivity contribution < 1.29 is 22.8 Å². The van der Waals surface area contributed by atoms with Gasteiger partial charge in [-0.05, 0) is 43.0 Å². The predicted octanol–water partition coefficient (Wildman–Crippen LogP) is 4.20. The molecule has 8 heteroatoms. The van der Waals surface area contributed by atoms with Gasteiger partial charge in [-0.3, -0.25) is 9.59 Å². The summed E-state index contributed by atoms with van der Waals surface area (Å²) in [6.45, 7) is 2.93. The molecular weight excluding hydrogens is 407 g/mol. The average molecular weight is 433 g/mol. The number of nitrogens with two attached hydrogens (primary N) is 1. The van der Waals surface area contributed by atoms with Crippen LogP contribution in [0, 0.1) is 0 Å². The van der Waals surface area contributed by atoms with E-state index in [1.807, 2.05) is 37.3 Å². The van der Waals surface area contributed by atoms with Gasteiger partial charge in [0.2, 0.25) is 5.91 Å². The Morgan fingerprint density at radius 3 is 2.35 bits per heavy atom. The average Bonchev–Trinajstić information content (AvgIpc) is 2.75. The van der Waals surface area contributed by atoms with Crippen molar-refractivity contribution in [1.29, 1.82) is 0 Å². The fraction of sp³-hybridized carbons (Fsp3) is 0.391. The summed E-state index contributed by atoms with van der Waals surface area (Å²) in [5.74, 6) is -0.790. The first kappa shape index (κ1) is 22.7. The van der Waals surface area contributed by atoms with Gasteiger partial charge in [-0.1, -0.05) is 37.3 Å². The van der Waals surface area contributed by atoms with Gasteiger partial charge >= 0.3 is 6.18 Å². The molecule has 0 aromatic heterocycles. The lowest BCUT2D eigenvalue weighted by atomic mass is 9.93. The Morgan fingerprint density at radius 2 is 1.77 bits per heavy atom. The maximum atomic E-state index is 13.0. The molecule has 0 radical (unpaired) electrons. The summed E-state index contributed by atoms with van der Waals surface area (Å²) in [5.41, 5.74) is 5.58. The number of piperidine rings is 1. The van der Waals surface area contributed by atoms with Crippen molar-refractivity contribution >= 4 is 17.5 Å². The van der Waals surface area contributed by atoms with Gasteiger partial charge in [0.25, 0.3) is 5.91 Å². The number of hydrogen-bond donors (Lipinski definition) is 2. The number of halogens is 3. The van der Waals surface area contributed by atoms with E-state index in [-0.39, 0.29) is 29.1 Å². The number of benzene rings is 2. The number of amides is 2. The van der Waals surface area contributed by atoms with E-state index in [1.165, 1.54) is 0 Å². The number of carbonyl (C=O) groups is 2. The van der Waals surface area contributed by atoms with Crippen LogP contribution in [0.3, 0.4) is 0 Å². The monoisotopic (exact) mass is 433 g/mol. The summed E-state index contributed by atoms with van der Waals surface area (Å²) < 4.78 is 38.8. The van der Waals surface area contributed by atoms with Gasteiger partial charge < -0.3 is 16.0 Å². The van der Waals surface area contributed by atoms with E-state index in [0.717, 1.165) is 23.8 Å². The standard InChI is InChI=1S/C23H26F3N3O2/c1-2-18(15-6-4-3-5-7-15)22(31)29-12-10-17(11-13-29)28-21(30)19-14-16(23(24,25)26)8-9-20(19)27/h3-9,14,17-18H,2,10-13,27H2,1H3,(H,28,30). The Bertz CT molecular complexity index is 923. The molecule has 0 spiro atoms. The summed E-state index contributed by atoms with van der Waals surface area (Å²) in [6, 6.07) is 12.1. The smallest absolute Gasteiger partial charge is 0.398 e. The Balaban J connectivity index is 1.60. The Kier molecular flexibility index (Phi) is 6.87. The number of anilines is 1. The normalized spacial score (nSPS) is 16.1. The van der Waals surface area contributed by atoms with Crippen LogP contribution in [-0.4, -0.2) is 35.8 Å². The van der Waals surface area contributed by atoms with Gasteiger partial charge in [0.05, 0.1) is 17.0 Å². The molecule has 2 aromatic rings. The highest BCUT2D eigenvalue weighted by Crippen LogP contribution is 2.31. The van der Waals surface area contributed by atoms with Crippen LogP contribution < -0.4 is 11.1 Å². The van der Waals surface area contributed by atoms with E-state index in [0.29, 0.717) is 32.4 Å². The Hall–Kier alpha value is -3.03. The molecule has 0 aliphatic carbocycles. The van der Waals surface area contributed by atoms with E-state index in [2.05, 4.69) is 5.32 Å². The minimum atomic E-state index is -4.55. The van der Waals surface area contributed by atoms with Crippen molar-refractivity contribution in [1.82, 2.24) is 10.2 Å². The van der Waals surface area contributed by atoms with E-state index < -0.39 is 17.6 Å². The molecule has 31 heavy (non-hydrogen) atoms. The molecule has 1 aliphatic rings. The maximum absolute atomic E-state index is 13.0. The van der Waals surface area contributed by atoms with Crippen LogP contribution in [0.4, 0.5) is 18.9 Å². The van der Waals surface area contributed by atoms with Gasteiger partial charge in [-0.25, -0.2) is 0 Å². The van der Waals surface area contributed by atoms with Crippen LogP contribution >= 0.6 is 0 Å². The molecule has 1 saturated heterocycles. The molecule has 3 rings (SSSR count). The molecule has 1 atom stereocenters. The lowest BCUT2D eigenvalue weighted by Crippen LogP contribution is -2.47. The predicted molar refractivity (Wildman–Crippen MR) is 112 cm³/mol. The van der Waals surface area contributed by atoms with Crippen molar-refractivity contribution in [3.8, 4) is 0 Å². The quantitative estimate of drug-likeness (QED) is 0.694. The lowest BCUT2D eigenvalue weighted by molar-refractivity contribution is -0.137. The molecule has 166 valence electrons. The molecule has 0 bridgehead atoms. The van der Waals surface area contributed by atoms with Crippen molar-refractivity contribution in [2.45, 2.75) is 44.3 Å². The first-order valence-electron chi connectivity index (χ1n) is 10.3. The van der Waals surface area contributed by atoms with Gasteiger partial charge in [0.1, 0.15) is 0 Å². The first-order chi connectivity index (χ1) is 14.7. The molecule has 5 nitrogen and oxygen atoms in total. The van der Waals surface area contributed by atoms with Crippen LogP contribution in [0.25, 0.3) is 0 Å². The molecule has 3 N–H and O–H groups in total. The largest absolute Gasteiger partial charge is 0.416 e. The highest BCUT2D eigenvalue weighted by molar-refractivity contribution is 5.99. The number of nitrogen functional groups attached to an aromatic ring is 1. The lowest BCUT2D eigenvalue weighted by Gasteiger charge is -2.34. The van der Waals surface area contributed by atoms with Crippen molar-refractivity contribution in [2.75, 3.05) is 18.8 Å². The fourth-order valence-electron chi connectivity index (χ4n) is 3.90. The number of alkyl halides is 3. The number of nitrogens with zero attached hydrogens (tertiary/aromatic N) is 1. The third kappa shape index (κ3) is 5.37. The van der Waals surface area contributed by atoms with Crippen LogP contribution in [0.5, 0.6) is 0 Å². The number of carbonyl (C=O) groups excluding carboxylic acids is 2. The SMILES string of the molecule is CCC(C(=O)N1CCC(NC(=O)c2cc(C(F)(F)F)ccc2N)CC1)c1ccccc1. The second kappa shape index (κ2) is 9.41. The highest BCUT2D eigenvalue weighted by atomic mass is 19.4. The summed E-state index contributed by atoms with van der Waals surface area (Å²) in [7, 11) is 0. The topological polar surface area (TPSA) is 75.4 Å². The second-order valence-corrected chi connectivity index (χ2v) is 7.74. The van der Waals surface area contributed by atoms with Gasteiger partial charge in [0, 0.05) is 24.8 Å². The first-order valence-corrected chi connectivity index (χ1v) is 10.3. The third-order valence-corrected chi connectivity index (χ3v) is 5.68. The molecule has 1 aliphatic heterocycles. The second-order valence-electron chi connectivity index (χ2n) is 7.74. The fourth-order valence-corrected chi connectivity index (χ4v) is 3.90. The van der Waals surface area contributed by atoms with E-state index in [1.54, 1.807) is 4.90 Å². The van der Waals surface area contributed by atoms with Crippen molar-refractivity contribution in [2.24, 2.45) is 0 Å². The minimum absolute atomic E-state index is 0.00763. The molecule has 1 unspecified atom stereocenters. The maximum Gasteiger partial charge on any atom is 0.416 e. The molecule has 2 aromatic carbocycles. The van der Waals surface area contributed by atoms with Crippen molar-refractivity contribution in [3.63, 3.8) is 0 Å². The van der Waals surface area contributed by atoms with Gasteiger partial charge in [0.15, 0.2) is 0 Å². The molecule has 1 fully saturated rings. The van der Waals surface area contributed by atoms with Crippen molar-refractivity contribution in [3.05, 3.63) is 65.2 Å². The van der Waals surface area contributed by atoms with E-state index >= 15 is 0 Å². The minimum Gasteiger partial charge on any atom is -0.398 e. The summed E-state index contributed by atoms with van der Waals surface area (Å²) in [6.07, 6.45) is -2.81. The van der Waals surface area contributed by atoms with Crippen LogP contribution in [0.2, 0.25) is 0 Å². The van der Waals surface area contributed by atoms with Crippen LogP contribution in [-0.2, 0) is 11.0 Å². The molecule has 2 amide bonds. The van der Waals surface area contributed by atoms with Gasteiger partial charge in [-0.15, -0.1) is 0 Å². The molecular formula is C23H26F3N3O2. The zero-order valence-corrected chi connectivity index (χ0v) is 17.3.